The van der Waals surface area contributed by atoms with Crippen molar-refractivity contribution in [3.63, 3.8) is 0 Å². The van der Waals surface area contributed by atoms with E-state index in [1.807, 2.05) is 44.2 Å². The van der Waals surface area contributed by atoms with Crippen molar-refractivity contribution in [3.05, 3.63) is 64.9 Å². The minimum atomic E-state index is 0.296. The number of nitrogens with one attached hydrogen (secondary N) is 1. The molecule has 0 radical (unpaired) electrons. The van der Waals surface area contributed by atoms with Crippen molar-refractivity contribution in [2.75, 3.05) is 11.1 Å². The van der Waals surface area contributed by atoms with Gasteiger partial charge >= 0.3 is 0 Å². The van der Waals surface area contributed by atoms with Crippen molar-refractivity contribution in [2.24, 2.45) is 0 Å². The summed E-state index contributed by atoms with van der Waals surface area (Å²) in [5, 5.41) is 3.68. The first kappa shape index (κ1) is 16.1. The third kappa shape index (κ3) is 3.58. The number of ether oxygens (including phenoxy) is 1. The molecule has 0 aliphatic rings. The van der Waals surface area contributed by atoms with Gasteiger partial charge in [0.2, 0.25) is 5.88 Å². The van der Waals surface area contributed by atoms with E-state index in [4.69, 9.17) is 22.1 Å². The van der Waals surface area contributed by atoms with Crippen LogP contribution in [0.25, 0.3) is 0 Å². The minimum absolute atomic E-state index is 0.296. The topological polar surface area (TPSA) is 73.1 Å². The number of hydrogen-bond acceptors (Lipinski definition) is 5. The van der Waals surface area contributed by atoms with Gasteiger partial charge in [-0.2, -0.15) is 4.98 Å². The number of nitrogens with two attached hydrogens (primary N) is 1. The fourth-order valence-electron chi connectivity index (χ4n) is 2.35. The van der Waals surface area contributed by atoms with Gasteiger partial charge in [-0.1, -0.05) is 29.8 Å². The van der Waals surface area contributed by atoms with Gasteiger partial charge in [0.05, 0.1) is 10.7 Å². The van der Waals surface area contributed by atoms with E-state index in [1.54, 1.807) is 6.07 Å². The smallest absolute Gasteiger partial charge is 0.248 e. The summed E-state index contributed by atoms with van der Waals surface area (Å²) in [5.41, 5.74) is 9.38. The molecule has 0 atom stereocenters. The molecule has 2 aromatic carbocycles. The lowest BCUT2D eigenvalue weighted by atomic mass is 10.1. The molecule has 0 saturated heterocycles. The number of nitrogen functional groups attached to an aromatic ring is 1. The zero-order chi connectivity index (χ0) is 17.1. The Morgan fingerprint density at radius 1 is 1.04 bits per heavy atom. The minimum Gasteiger partial charge on any atom is -0.437 e. The van der Waals surface area contributed by atoms with Crippen LogP contribution in [0.1, 0.15) is 11.1 Å². The Hall–Kier alpha value is -2.79. The molecule has 122 valence electrons. The van der Waals surface area contributed by atoms with E-state index >= 15 is 0 Å². The number of rotatable bonds is 4. The van der Waals surface area contributed by atoms with Crippen LogP contribution in [0.2, 0.25) is 5.02 Å². The van der Waals surface area contributed by atoms with Gasteiger partial charge in [-0.05, 0) is 49.2 Å². The molecule has 3 N–H and O–H groups in total. The molecule has 0 fully saturated rings. The predicted octanol–water partition coefficient (Wildman–Crippen LogP) is 4.86. The van der Waals surface area contributed by atoms with Gasteiger partial charge in [0.1, 0.15) is 17.8 Å². The van der Waals surface area contributed by atoms with Gasteiger partial charge in [0.25, 0.3) is 0 Å². The molecular weight excluding hydrogens is 324 g/mol. The molecule has 0 unspecified atom stereocenters. The highest BCUT2D eigenvalue weighted by molar-refractivity contribution is 6.33. The van der Waals surface area contributed by atoms with E-state index < -0.39 is 0 Å². The average molecular weight is 341 g/mol. The van der Waals surface area contributed by atoms with Crippen LogP contribution in [-0.2, 0) is 0 Å². The standard InChI is InChI=1S/C18H17ClN4O/c1-11-7-12(2)9-13(8-11)24-18-16(20)17(21-10-22-18)23-15-6-4-3-5-14(15)19/h3-10H,20H2,1-2H3,(H,21,22,23). The monoisotopic (exact) mass is 340 g/mol. The van der Waals surface area contributed by atoms with Crippen LogP contribution in [0.3, 0.4) is 0 Å². The largest absolute Gasteiger partial charge is 0.437 e. The molecule has 3 rings (SSSR count). The molecule has 0 bridgehead atoms. The van der Waals surface area contributed by atoms with Crippen molar-refractivity contribution in [1.82, 2.24) is 9.97 Å². The number of benzene rings is 2. The zero-order valence-electron chi connectivity index (χ0n) is 13.4. The van der Waals surface area contributed by atoms with E-state index in [0.717, 1.165) is 11.1 Å². The normalized spacial score (nSPS) is 10.5. The molecule has 0 aliphatic heterocycles. The maximum Gasteiger partial charge on any atom is 0.248 e. The first-order valence-electron chi connectivity index (χ1n) is 7.41. The summed E-state index contributed by atoms with van der Waals surface area (Å²) in [7, 11) is 0. The molecule has 6 heteroatoms. The summed E-state index contributed by atoms with van der Waals surface area (Å²) >= 11 is 6.15. The fraction of sp³-hybridized carbons (Fsp3) is 0.111. The van der Waals surface area contributed by atoms with Crippen LogP contribution in [0.5, 0.6) is 11.6 Å². The predicted molar refractivity (Wildman–Crippen MR) is 97.2 cm³/mol. The quantitative estimate of drug-likeness (QED) is 0.709. The lowest BCUT2D eigenvalue weighted by Crippen LogP contribution is -2.03. The molecule has 1 aromatic heterocycles. The SMILES string of the molecule is Cc1cc(C)cc(Oc2ncnc(Nc3ccccc3Cl)c2N)c1. The zero-order valence-corrected chi connectivity index (χ0v) is 14.1. The molecule has 0 aliphatic carbocycles. The molecule has 3 aromatic rings. The molecule has 0 amide bonds. The molecule has 24 heavy (non-hydrogen) atoms. The summed E-state index contributed by atoms with van der Waals surface area (Å²) in [6.07, 6.45) is 1.40. The second kappa shape index (κ2) is 6.76. The Balaban J connectivity index is 1.89. The number of anilines is 3. The van der Waals surface area contributed by atoms with Gasteiger partial charge < -0.3 is 15.8 Å². The third-order valence-electron chi connectivity index (χ3n) is 3.38. The van der Waals surface area contributed by atoms with Crippen molar-refractivity contribution in [2.45, 2.75) is 13.8 Å². The van der Waals surface area contributed by atoms with E-state index in [1.165, 1.54) is 6.33 Å². The highest BCUT2D eigenvalue weighted by Gasteiger charge is 2.12. The van der Waals surface area contributed by atoms with E-state index in [0.29, 0.717) is 33.8 Å². The van der Waals surface area contributed by atoms with Gasteiger partial charge in [0, 0.05) is 0 Å². The third-order valence-corrected chi connectivity index (χ3v) is 3.71. The summed E-state index contributed by atoms with van der Waals surface area (Å²) in [5.74, 6) is 1.42. The maximum absolute atomic E-state index is 6.15. The number of hydrogen-bond donors (Lipinski definition) is 2. The van der Waals surface area contributed by atoms with E-state index in [2.05, 4.69) is 21.4 Å². The maximum atomic E-state index is 6.15. The first-order valence-corrected chi connectivity index (χ1v) is 7.79. The first-order chi connectivity index (χ1) is 11.5. The van der Waals surface area contributed by atoms with Crippen LogP contribution in [-0.4, -0.2) is 9.97 Å². The van der Waals surface area contributed by atoms with Crippen molar-refractivity contribution in [3.8, 4) is 11.6 Å². The molecular formula is C18H17ClN4O. The number of nitrogens with zero attached hydrogens (tertiary/aromatic N) is 2. The average Bonchev–Trinajstić information content (AvgIpc) is 2.52. The molecule has 0 spiro atoms. The van der Waals surface area contributed by atoms with Gasteiger partial charge in [-0.15, -0.1) is 0 Å². The Labute approximate surface area is 145 Å². The Kier molecular flexibility index (Phi) is 4.53. The molecule has 5 nitrogen and oxygen atoms in total. The number of halogens is 1. The van der Waals surface area contributed by atoms with Gasteiger partial charge in [-0.25, -0.2) is 4.98 Å². The van der Waals surface area contributed by atoms with E-state index in [-0.39, 0.29) is 0 Å². The molecule has 1 heterocycles. The van der Waals surface area contributed by atoms with Crippen molar-refractivity contribution < 1.29 is 4.74 Å². The number of aromatic nitrogens is 2. The van der Waals surface area contributed by atoms with Crippen LogP contribution in [0.4, 0.5) is 17.2 Å². The second-order valence-corrected chi connectivity index (χ2v) is 5.88. The summed E-state index contributed by atoms with van der Waals surface area (Å²) in [6, 6.07) is 13.3. The Morgan fingerprint density at radius 2 is 1.75 bits per heavy atom. The highest BCUT2D eigenvalue weighted by Crippen LogP contribution is 2.33. The summed E-state index contributed by atoms with van der Waals surface area (Å²) in [6.45, 7) is 4.02. The van der Waals surface area contributed by atoms with Gasteiger partial charge in [0.15, 0.2) is 5.82 Å². The van der Waals surface area contributed by atoms with Crippen molar-refractivity contribution >= 4 is 28.8 Å². The summed E-state index contributed by atoms with van der Waals surface area (Å²) in [4.78, 5) is 8.29. The van der Waals surface area contributed by atoms with Crippen molar-refractivity contribution in [1.29, 1.82) is 0 Å². The Bertz CT molecular complexity index is 862. The number of aryl methyl sites for hydroxylation is 2. The van der Waals surface area contributed by atoms with E-state index in [9.17, 15) is 0 Å². The Morgan fingerprint density at radius 3 is 2.46 bits per heavy atom. The highest BCUT2D eigenvalue weighted by atomic mass is 35.5. The second-order valence-electron chi connectivity index (χ2n) is 5.47. The van der Waals surface area contributed by atoms with Crippen LogP contribution in [0.15, 0.2) is 48.8 Å². The lowest BCUT2D eigenvalue weighted by Gasteiger charge is -2.13. The number of para-hydroxylation sites is 1. The fourth-order valence-corrected chi connectivity index (χ4v) is 2.54. The summed E-state index contributed by atoms with van der Waals surface area (Å²) < 4.78 is 5.83. The van der Waals surface area contributed by atoms with Crippen LogP contribution < -0.4 is 15.8 Å². The lowest BCUT2D eigenvalue weighted by molar-refractivity contribution is 0.464. The van der Waals surface area contributed by atoms with Gasteiger partial charge in [-0.3, -0.25) is 0 Å². The van der Waals surface area contributed by atoms with Crippen LogP contribution >= 0.6 is 11.6 Å². The van der Waals surface area contributed by atoms with Crippen LogP contribution in [0, 0.1) is 13.8 Å². The molecule has 0 saturated carbocycles.